The highest BCUT2D eigenvalue weighted by Gasteiger charge is 2.31. The second-order valence-electron chi connectivity index (χ2n) is 7.30. The van der Waals surface area contributed by atoms with Crippen LogP contribution in [0.5, 0.6) is 0 Å². The first kappa shape index (κ1) is 18.7. The van der Waals surface area contributed by atoms with Crippen molar-refractivity contribution in [3.05, 3.63) is 41.5 Å². The monoisotopic (exact) mass is 401 g/mol. The van der Waals surface area contributed by atoms with Crippen LogP contribution in [0.1, 0.15) is 36.1 Å². The molecule has 28 heavy (non-hydrogen) atoms. The fourth-order valence-electron chi connectivity index (χ4n) is 3.73. The van der Waals surface area contributed by atoms with Crippen LogP contribution in [0.2, 0.25) is 0 Å². The third-order valence-corrected chi connectivity index (χ3v) is 6.92. The summed E-state index contributed by atoms with van der Waals surface area (Å²) >= 11 is 0. The van der Waals surface area contributed by atoms with Gasteiger partial charge < -0.3 is 10.3 Å². The van der Waals surface area contributed by atoms with E-state index in [4.69, 9.17) is 0 Å². The number of para-hydroxylation sites is 2. The number of anilines is 1. The number of sulfone groups is 1. The summed E-state index contributed by atoms with van der Waals surface area (Å²) in [6.45, 7) is 3.68. The highest BCUT2D eigenvalue weighted by Crippen LogP contribution is 2.29. The number of imidazole rings is 1. The number of rotatable bonds is 5. The number of H-pyrrole nitrogens is 1. The van der Waals surface area contributed by atoms with Gasteiger partial charge in [-0.1, -0.05) is 12.1 Å². The van der Waals surface area contributed by atoms with Gasteiger partial charge in [-0.15, -0.1) is 0 Å². The molecule has 148 valence electrons. The molecule has 4 rings (SSSR count). The standard InChI is InChI=1S/C19H23N5O3S/c1-12-19(13(2)24(23-12)14-9-10-28(26,27)11-14)22-18(25)8-7-17-20-15-5-3-4-6-16(15)21-17/h3-6,14H,7-11H2,1-2H3,(H,20,21)(H,22,25). The predicted molar refractivity (Wildman–Crippen MR) is 107 cm³/mol. The highest BCUT2D eigenvalue weighted by molar-refractivity contribution is 7.91. The molecule has 1 unspecified atom stereocenters. The lowest BCUT2D eigenvalue weighted by atomic mass is 10.2. The molecule has 3 heterocycles. The number of carbonyl (C=O) groups excluding carboxylic acids is 1. The van der Waals surface area contributed by atoms with Crippen molar-refractivity contribution in [3.8, 4) is 0 Å². The fourth-order valence-corrected chi connectivity index (χ4v) is 5.42. The Morgan fingerprint density at radius 2 is 2.11 bits per heavy atom. The summed E-state index contributed by atoms with van der Waals surface area (Å²) in [5.41, 5.74) is 3.99. The fraction of sp³-hybridized carbons (Fsp3) is 0.421. The predicted octanol–water partition coefficient (Wildman–Crippen LogP) is 2.31. The molecule has 0 radical (unpaired) electrons. The summed E-state index contributed by atoms with van der Waals surface area (Å²) in [6.07, 6.45) is 1.36. The molecular weight excluding hydrogens is 378 g/mol. The number of benzene rings is 1. The molecule has 0 bridgehead atoms. The minimum atomic E-state index is -3.00. The number of hydrogen-bond acceptors (Lipinski definition) is 5. The second kappa shape index (κ2) is 7.05. The maximum atomic E-state index is 12.5. The maximum Gasteiger partial charge on any atom is 0.224 e. The summed E-state index contributed by atoms with van der Waals surface area (Å²) in [7, 11) is -3.00. The Morgan fingerprint density at radius 3 is 2.82 bits per heavy atom. The average molecular weight is 401 g/mol. The summed E-state index contributed by atoms with van der Waals surface area (Å²) < 4.78 is 25.3. The van der Waals surface area contributed by atoms with Crippen molar-refractivity contribution in [3.63, 3.8) is 0 Å². The molecule has 1 atom stereocenters. The molecule has 1 amide bonds. The molecule has 8 nitrogen and oxygen atoms in total. The number of fused-ring (bicyclic) bond motifs is 1. The molecule has 1 aromatic carbocycles. The van der Waals surface area contributed by atoms with Gasteiger partial charge in [-0.05, 0) is 32.4 Å². The van der Waals surface area contributed by atoms with Gasteiger partial charge in [-0.25, -0.2) is 13.4 Å². The molecule has 2 aromatic heterocycles. The Labute approximate surface area is 163 Å². The van der Waals surface area contributed by atoms with Crippen molar-refractivity contribution in [2.24, 2.45) is 0 Å². The van der Waals surface area contributed by atoms with E-state index in [1.165, 1.54) is 0 Å². The van der Waals surface area contributed by atoms with Crippen molar-refractivity contribution in [1.29, 1.82) is 0 Å². The number of carbonyl (C=O) groups is 1. The highest BCUT2D eigenvalue weighted by atomic mass is 32.2. The lowest BCUT2D eigenvalue weighted by Gasteiger charge is -2.11. The van der Waals surface area contributed by atoms with Gasteiger partial charge in [0, 0.05) is 12.8 Å². The van der Waals surface area contributed by atoms with E-state index in [9.17, 15) is 13.2 Å². The van der Waals surface area contributed by atoms with E-state index in [0.717, 1.165) is 22.6 Å². The van der Waals surface area contributed by atoms with Crippen molar-refractivity contribution >= 4 is 32.5 Å². The number of amides is 1. The Kier molecular flexibility index (Phi) is 4.70. The van der Waals surface area contributed by atoms with Gasteiger partial charge >= 0.3 is 0 Å². The number of aromatic nitrogens is 4. The molecule has 1 fully saturated rings. The van der Waals surface area contributed by atoms with E-state index in [-0.39, 0.29) is 23.5 Å². The Morgan fingerprint density at radius 1 is 1.32 bits per heavy atom. The normalized spacial score (nSPS) is 18.6. The minimum Gasteiger partial charge on any atom is -0.342 e. The molecule has 1 saturated heterocycles. The van der Waals surface area contributed by atoms with Crippen molar-refractivity contribution in [2.45, 2.75) is 39.2 Å². The largest absolute Gasteiger partial charge is 0.342 e. The number of aryl methyl sites for hydroxylation is 2. The van der Waals surface area contributed by atoms with Crippen LogP contribution < -0.4 is 5.32 Å². The van der Waals surface area contributed by atoms with E-state index in [2.05, 4.69) is 20.4 Å². The van der Waals surface area contributed by atoms with Gasteiger partial charge in [0.15, 0.2) is 9.84 Å². The Bertz CT molecular complexity index is 1110. The first-order valence-corrected chi connectivity index (χ1v) is 11.1. The van der Waals surface area contributed by atoms with Gasteiger partial charge in [0.25, 0.3) is 0 Å². The van der Waals surface area contributed by atoms with Gasteiger partial charge in [-0.3, -0.25) is 9.48 Å². The number of nitrogens with one attached hydrogen (secondary N) is 2. The van der Waals surface area contributed by atoms with E-state index in [1.54, 1.807) is 4.68 Å². The summed E-state index contributed by atoms with van der Waals surface area (Å²) in [5, 5.41) is 7.41. The van der Waals surface area contributed by atoms with Crippen LogP contribution in [0.25, 0.3) is 11.0 Å². The molecule has 1 aliphatic heterocycles. The van der Waals surface area contributed by atoms with Crippen molar-refractivity contribution in [1.82, 2.24) is 19.7 Å². The average Bonchev–Trinajstić information content (AvgIpc) is 3.30. The molecule has 3 aromatic rings. The minimum absolute atomic E-state index is 0.106. The second-order valence-corrected chi connectivity index (χ2v) is 9.52. The molecule has 0 spiro atoms. The zero-order valence-corrected chi connectivity index (χ0v) is 16.7. The van der Waals surface area contributed by atoms with Crippen LogP contribution in [-0.2, 0) is 21.1 Å². The summed E-state index contributed by atoms with van der Waals surface area (Å²) in [4.78, 5) is 20.2. The Hall–Kier alpha value is -2.68. The molecule has 9 heteroatoms. The van der Waals surface area contributed by atoms with Crippen LogP contribution in [0, 0.1) is 13.8 Å². The van der Waals surface area contributed by atoms with E-state index in [0.29, 0.717) is 30.6 Å². The lowest BCUT2D eigenvalue weighted by Crippen LogP contribution is -2.16. The van der Waals surface area contributed by atoms with E-state index < -0.39 is 9.84 Å². The van der Waals surface area contributed by atoms with Crippen LogP contribution in [0.4, 0.5) is 5.69 Å². The quantitative estimate of drug-likeness (QED) is 0.682. The van der Waals surface area contributed by atoms with Crippen LogP contribution in [0.3, 0.4) is 0 Å². The van der Waals surface area contributed by atoms with Crippen molar-refractivity contribution < 1.29 is 13.2 Å². The smallest absolute Gasteiger partial charge is 0.224 e. The lowest BCUT2D eigenvalue weighted by molar-refractivity contribution is -0.116. The van der Waals surface area contributed by atoms with Crippen LogP contribution in [-0.4, -0.2) is 45.6 Å². The Balaban J connectivity index is 1.43. The van der Waals surface area contributed by atoms with E-state index in [1.807, 2.05) is 38.1 Å². The SMILES string of the molecule is Cc1nn(C2CCS(=O)(=O)C2)c(C)c1NC(=O)CCc1nc2ccccc2[nH]1. The van der Waals surface area contributed by atoms with Crippen LogP contribution >= 0.6 is 0 Å². The summed E-state index contributed by atoms with van der Waals surface area (Å²) in [6, 6.07) is 7.59. The maximum absolute atomic E-state index is 12.5. The number of nitrogens with zero attached hydrogens (tertiary/aromatic N) is 3. The third-order valence-electron chi connectivity index (χ3n) is 5.17. The topological polar surface area (TPSA) is 110 Å². The number of aromatic amines is 1. The molecule has 0 aliphatic carbocycles. The van der Waals surface area contributed by atoms with Gasteiger partial charge in [-0.2, -0.15) is 5.10 Å². The van der Waals surface area contributed by atoms with E-state index >= 15 is 0 Å². The molecule has 2 N–H and O–H groups in total. The number of hydrogen-bond donors (Lipinski definition) is 2. The molecular formula is C19H23N5O3S. The molecule has 1 aliphatic rings. The first-order valence-electron chi connectivity index (χ1n) is 9.32. The zero-order chi connectivity index (χ0) is 19.9. The van der Waals surface area contributed by atoms with Crippen molar-refractivity contribution in [2.75, 3.05) is 16.8 Å². The molecule has 0 saturated carbocycles. The zero-order valence-electron chi connectivity index (χ0n) is 15.9. The summed E-state index contributed by atoms with van der Waals surface area (Å²) in [5.74, 6) is 0.950. The third kappa shape index (κ3) is 3.66. The van der Waals surface area contributed by atoms with Gasteiger partial charge in [0.05, 0.1) is 45.7 Å². The van der Waals surface area contributed by atoms with Gasteiger partial charge in [0.1, 0.15) is 5.82 Å². The first-order chi connectivity index (χ1) is 13.3. The van der Waals surface area contributed by atoms with Crippen LogP contribution in [0.15, 0.2) is 24.3 Å². The van der Waals surface area contributed by atoms with Gasteiger partial charge in [0.2, 0.25) is 5.91 Å².